The summed E-state index contributed by atoms with van der Waals surface area (Å²) >= 11 is 0. The molecular formula is C8H12N2O3. The molecule has 0 saturated heterocycles. The lowest BCUT2D eigenvalue weighted by atomic mass is 9.89. The summed E-state index contributed by atoms with van der Waals surface area (Å²) in [6.45, 7) is 3.11. The van der Waals surface area contributed by atoms with Gasteiger partial charge in [-0.15, -0.1) is 0 Å². The number of carboxylic acid groups (broad SMARTS) is 1. The number of carboxylic acids is 1. The first-order chi connectivity index (χ1) is 5.85. The fraction of sp³-hybridized carbons (Fsp3) is 0.500. The molecule has 0 unspecified atom stereocenters. The molecule has 2 N–H and O–H groups in total. The number of nitrogens with zero attached hydrogens (tertiary/aromatic N) is 1. The first-order valence-corrected chi connectivity index (χ1v) is 3.85. The smallest absolute Gasteiger partial charge is 0.315 e. The van der Waals surface area contributed by atoms with Crippen LogP contribution in [0.5, 0.6) is 0 Å². The summed E-state index contributed by atoms with van der Waals surface area (Å²) in [6.07, 6.45) is 0. The molecular weight excluding hydrogens is 172 g/mol. The maximum atomic E-state index is 10.9. The van der Waals surface area contributed by atoms with Crippen LogP contribution in [0, 0.1) is 0 Å². The Morgan fingerprint density at radius 3 is 2.46 bits per heavy atom. The zero-order valence-electron chi connectivity index (χ0n) is 7.79. The van der Waals surface area contributed by atoms with Crippen LogP contribution >= 0.6 is 0 Å². The molecule has 1 rings (SSSR count). The quantitative estimate of drug-likeness (QED) is 0.683. The average molecular weight is 184 g/mol. The minimum atomic E-state index is -1.05. The van der Waals surface area contributed by atoms with E-state index in [0.717, 1.165) is 0 Å². The van der Waals surface area contributed by atoms with E-state index >= 15 is 0 Å². The zero-order chi connectivity index (χ0) is 10.2. The summed E-state index contributed by atoms with van der Waals surface area (Å²) in [5, 5.41) is 11.4. The van der Waals surface area contributed by atoms with Crippen molar-refractivity contribution in [1.82, 2.24) is 9.78 Å². The van der Waals surface area contributed by atoms with Gasteiger partial charge >= 0.3 is 5.97 Å². The molecule has 72 valence electrons. The van der Waals surface area contributed by atoms with Crippen molar-refractivity contribution in [3.63, 3.8) is 0 Å². The third-order valence-corrected chi connectivity index (χ3v) is 2.08. The summed E-state index contributed by atoms with van der Waals surface area (Å²) in [7, 11) is 1.61. The van der Waals surface area contributed by atoms with Gasteiger partial charge in [0.15, 0.2) is 0 Å². The lowest BCUT2D eigenvalue weighted by molar-refractivity contribution is -0.142. The normalized spacial score (nSPS) is 11.6. The fourth-order valence-electron chi connectivity index (χ4n) is 1.19. The van der Waals surface area contributed by atoms with E-state index in [-0.39, 0.29) is 5.56 Å². The van der Waals surface area contributed by atoms with Gasteiger partial charge in [0.2, 0.25) is 0 Å². The Morgan fingerprint density at radius 2 is 2.15 bits per heavy atom. The molecule has 0 bridgehead atoms. The van der Waals surface area contributed by atoms with Crippen LogP contribution in [0.3, 0.4) is 0 Å². The Hall–Kier alpha value is -1.52. The second-order valence-electron chi connectivity index (χ2n) is 3.49. The highest BCUT2D eigenvalue weighted by molar-refractivity contribution is 5.79. The number of hydrogen-bond donors (Lipinski definition) is 2. The number of hydrogen-bond acceptors (Lipinski definition) is 2. The second-order valence-corrected chi connectivity index (χ2v) is 3.49. The van der Waals surface area contributed by atoms with Crippen LogP contribution in [0.15, 0.2) is 10.9 Å². The van der Waals surface area contributed by atoms with Crippen LogP contribution in [0.4, 0.5) is 0 Å². The van der Waals surface area contributed by atoms with Crippen molar-refractivity contribution in [2.45, 2.75) is 19.3 Å². The van der Waals surface area contributed by atoms with Crippen molar-refractivity contribution in [3.05, 3.63) is 22.1 Å². The van der Waals surface area contributed by atoms with Crippen molar-refractivity contribution in [1.29, 1.82) is 0 Å². The minimum Gasteiger partial charge on any atom is -0.481 e. The van der Waals surface area contributed by atoms with Crippen LogP contribution in [0.2, 0.25) is 0 Å². The molecule has 0 aliphatic carbocycles. The molecule has 0 radical (unpaired) electrons. The molecule has 0 amide bonds. The van der Waals surface area contributed by atoms with Gasteiger partial charge in [-0.2, -0.15) is 0 Å². The number of aliphatic carboxylic acids is 1. The number of aryl methyl sites for hydroxylation is 1. The molecule has 1 aromatic heterocycles. The van der Waals surface area contributed by atoms with E-state index in [1.807, 2.05) is 0 Å². The van der Waals surface area contributed by atoms with Crippen LogP contribution in [-0.2, 0) is 17.3 Å². The number of aromatic amines is 1. The van der Waals surface area contributed by atoms with E-state index in [4.69, 9.17) is 5.11 Å². The fourth-order valence-corrected chi connectivity index (χ4v) is 1.19. The lowest BCUT2D eigenvalue weighted by Gasteiger charge is -2.18. The van der Waals surface area contributed by atoms with Crippen LogP contribution < -0.4 is 5.56 Å². The van der Waals surface area contributed by atoms with Gasteiger partial charge in [-0.1, -0.05) is 0 Å². The number of H-pyrrole nitrogens is 1. The third-order valence-electron chi connectivity index (χ3n) is 2.08. The van der Waals surface area contributed by atoms with Gasteiger partial charge in [-0.05, 0) is 13.8 Å². The SMILES string of the molecule is Cn1[nH]c(=O)cc1C(C)(C)C(=O)O. The minimum absolute atomic E-state index is 0.285. The summed E-state index contributed by atoms with van der Waals surface area (Å²) in [4.78, 5) is 21.8. The monoisotopic (exact) mass is 184 g/mol. The Morgan fingerprint density at radius 1 is 1.62 bits per heavy atom. The molecule has 0 aliphatic rings. The summed E-state index contributed by atoms with van der Waals surface area (Å²) in [6, 6.07) is 1.30. The van der Waals surface area contributed by atoms with Crippen molar-refractivity contribution in [3.8, 4) is 0 Å². The van der Waals surface area contributed by atoms with Gasteiger partial charge < -0.3 is 5.11 Å². The Kier molecular flexibility index (Phi) is 2.03. The maximum absolute atomic E-state index is 10.9. The first-order valence-electron chi connectivity index (χ1n) is 3.85. The predicted molar refractivity (Wildman–Crippen MR) is 46.7 cm³/mol. The molecule has 1 aromatic rings. The van der Waals surface area contributed by atoms with Gasteiger partial charge in [0.05, 0.1) is 5.69 Å². The number of nitrogens with one attached hydrogen (secondary N) is 1. The molecule has 0 aromatic carbocycles. The molecule has 13 heavy (non-hydrogen) atoms. The van der Waals surface area contributed by atoms with Gasteiger partial charge in [-0.3, -0.25) is 19.4 Å². The molecule has 0 saturated carbocycles. The van der Waals surface area contributed by atoms with E-state index in [1.54, 1.807) is 20.9 Å². The summed E-state index contributed by atoms with van der Waals surface area (Å²) < 4.78 is 1.43. The van der Waals surface area contributed by atoms with E-state index in [2.05, 4.69) is 5.10 Å². The molecule has 0 atom stereocenters. The van der Waals surface area contributed by atoms with E-state index in [1.165, 1.54) is 10.7 Å². The van der Waals surface area contributed by atoms with E-state index in [9.17, 15) is 9.59 Å². The zero-order valence-corrected chi connectivity index (χ0v) is 7.79. The topological polar surface area (TPSA) is 75.1 Å². The Labute approximate surface area is 75.0 Å². The highest BCUT2D eigenvalue weighted by atomic mass is 16.4. The first kappa shape index (κ1) is 9.57. The average Bonchev–Trinajstić information content (AvgIpc) is 2.30. The Balaban J connectivity index is 3.29. The third kappa shape index (κ3) is 1.49. The maximum Gasteiger partial charge on any atom is 0.315 e. The predicted octanol–water partition coefficient (Wildman–Crippen LogP) is 0.0756. The highest BCUT2D eigenvalue weighted by Crippen LogP contribution is 2.20. The molecule has 5 heteroatoms. The van der Waals surface area contributed by atoms with Crippen LogP contribution in [0.1, 0.15) is 19.5 Å². The number of aromatic nitrogens is 2. The Bertz CT molecular complexity index is 386. The number of carbonyl (C=O) groups is 1. The van der Waals surface area contributed by atoms with Crippen molar-refractivity contribution < 1.29 is 9.90 Å². The van der Waals surface area contributed by atoms with Crippen molar-refractivity contribution >= 4 is 5.97 Å². The summed E-state index contributed by atoms with van der Waals surface area (Å²) in [5.41, 5.74) is -0.870. The second kappa shape index (κ2) is 2.76. The van der Waals surface area contributed by atoms with Gasteiger partial charge in [0, 0.05) is 13.1 Å². The van der Waals surface area contributed by atoms with Crippen molar-refractivity contribution in [2.75, 3.05) is 0 Å². The van der Waals surface area contributed by atoms with Crippen molar-refractivity contribution in [2.24, 2.45) is 7.05 Å². The number of rotatable bonds is 2. The van der Waals surface area contributed by atoms with Crippen LogP contribution in [-0.4, -0.2) is 20.9 Å². The largest absolute Gasteiger partial charge is 0.481 e. The van der Waals surface area contributed by atoms with E-state index in [0.29, 0.717) is 5.69 Å². The standard InChI is InChI=1S/C8H12N2O3/c1-8(2,7(12)13)5-4-6(11)9-10(5)3/h4H,1-3H3,(H,9,11)(H,12,13). The lowest BCUT2D eigenvalue weighted by Crippen LogP contribution is -2.30. The van der Waals surface area contributed by atoms with Crippen LogP contribution in [0.25, 0.3) is 0 Å². The highest BCUT2D eigenvalue weighted by Gasteiger charge is 2.32. The van der Waals surface area contributed by atoms with Gasteiger partial charge in [-0.25, -0.2) is 0 Å². The van der Waals surface area contributed by atoms with Gasteiger partial charge in [0.1, 0.15) is 5.41 Å². The molecule has 0 fully saturated rings. The van der Waals surface area contributed by atoms with Gasteiger partial charge in [0.25, 0.3) is 5.56 Å². The molecule has 1 heterocycles. The molecule has 5 nitrogen and oxygen atoms in total. The molecule has 0 spiro atoms. The summed E-state index contributed by atoms with van der Waals surface area (Å²) in [5.74, 6) is -0.956. The molecule has 0 aliphatic heterocycles. The van der Waals surface area contributed by atoms with E-state index < -0.39 is 11.4 Å².